The van der Waals surface area contributed by atoms with Crippen molar-refractivity contribution in [2.45, 2.75) is 18.4 Å². The van der Waals surface area contributed by atoms with E-state index in [0.29, 0.717) is 17.4 Å². The second-order valence-corrected chi connectivity index (χ2v) is 6.29. The van der Waals surface area contributed by atoms with Gasteiger partial charge < -0.3 is 5.32 Å². The predicted octanol–water partition coefficient (Wildman–Crippen LogP) is 5.04. The minimum atomic E-state index is 0.135. The van der Waals surface area contributed by atoms with Crippen molar-refractivity contribution in [3.63, 3.8) is 0 Å². The standard InChI is InChI=1S/C19H15ClN2/c20-17-10-2-1-6-16(17)19-15-9-4-7-13(15)14-8-3-5-12(11-21)18(14)22-19/h1-8,10,13,15,19,22H,9H2. The van der Waals surface area contributed by atoms with E-state index in [-0.39, 0.29) is 6.04 Å². The van der Waals surface area contributed by atoms with Gasteiger partial charge in [0.05, 0.1) is 17.3 Å². The molecule has 1 aliphatic carbocycles. The maximum atomic E-state index is 9.41. The van der Waals surface area contributed by atoms with Crippen molar-refractivity contribution in [3.8, 4) is 6.07 Å². The van der Waals surface area contributed by atoms with Crippen LogP contribution in [0.4, 0.5) is 5.69 Å². The van der Waals surface area contributed by atoms with E-state index >= 15 is 0 Å². The lowest BCUT2D eigenvalue weighted by atomic mass is 9.76. The van der Waals surface area contributed by atoms with Crippen LogP contribution < -0.4 is 5.32 Å². The average molecular weight is 307 g/mol. The molecule has 0 fully saturated rings. The molecule has 0 radical (unpaired) electrons. The van der Waals surface area contributed by atoms with Crippen LogP contribution >= 0.6 is 11.6 Å². The Bertz CT molecular complexity index is 803. The number of hydrogen-bond donors (Lipinski definition) is 1. The minimum Gasteiger partial charge on any atom is -0.377 e. The zero-order chi connectivity index (χ0) is 15.1. The van der Waals surface area contributed by atoms with Gasteiger partial charge in [0, 0.05) is 10.9 Å². The highest BCUT2D eigenvalue weighted by Crippen LogP contribution is 2.51. The third-order valence-corrected chi connectivity index (χ3v) is 5.10. The van der Waals surface area contributed by atoms with Crippen molar-refractivity contribution in [1.29, 1.82) is 5.26 Å². The lowest BCUT2D eigenvalue weighted by Gasteiger charge is -2.38. The number of rotatable bonds is 1. The fraction of sp³-hybridized carbons (Fsp3) is 0.211. The summed E-state index contributed by atoms with van der Waals surface area (Å²) in [7, 11) is 0. The summed E-state index contributed by atoms with van der Waals surface area (Å²) in [6.45, 7) is 0. The van der Waals surface area contributed by atoms with Crippen LogP contribution in [-0.4, -0.2) is 0 Å². The van der Waals surface area contributed by atoms with Crippen molar-refractivity contribution in [1.82, 2.24) is 0 Å². The Morgan fingerprint density at radius 2 is 1.91 bits per heavy atom. The van der Waals surface area contributed by atoms with Gasteiger partial charge in [0.25, 0.3) is 0 Å². The van der Waals surface area contributed by atoms with Crippen LogP contribution in [0.3, 0.4) is 0 Å². The molecule has 0 bridgehead atoms. The van der Waals surface area contributed by atoms with E-state index in [9.17, 15) is 5.26 Å². The number of benzene rings is 2. The van der Waals surface area contributed by atoms with Gasteiger partial charge in [-0.1, -0.05) is 54.1 Å². The van der Waals surface area contributed by atoms with E-state index in [2.05, 4.69) is 35.7 Å². The summed E-state index contributed by atoms with van der Waals surface area (Å²) < 4.78 is 0. The normalized spacial score (nSPS) is 25.0. The maximum absolute atomic E-state index is 9.41. The third kappa shape index (κ3) is 1.94. The molecule has 0 saturated carbocycles. The van der Waals surface area contributed by atoms with Gasteiger partial charge in [-0.25, -0.2) is 0 Å². The number of fused-ring (bicyclic) bond motifs is 3. The van der Waals surface area contributed by atoms with Gasteiger partial charge in [0.15, 0.2) is 0 Å². The van der Waals surface area contributed by atoms with Crippen molar-refractivity contribution in [3.05, 3.63) is 76.3 Å². The molecular weight excluding hydrogens is 292 g/mol. The molecule has 1 N–H and O–H groups in total. The van der Waals surface area contributed by atoms with E-state index in [0.717, 1.165) is 22.7 Å². The van der Waals surface area contributed by atoms with E-state index in [1.54, 1.807) is 0 Å². The SMILES string of the molecule is N#Cc1cccc2c1NC(c1ccccc1Cl)C1CC=CC21. The summed E-state index contributed by atoms with van der Waals surface area (Å²) in [6.07, 6.45) is 5.55. The summed E-state index contributed by atoms with van der Waals surface area (Å²) in [5.41, 5.74) is 4.00. The molecular formula is C19H15ClN2. The fourth-order valence-electron chi connectivity index (χ4n) is 3.75. The second-order valence-electron chi connectivity index (χ2n) is 5.88. The van der Waals surface area contributed by atoms with Gasteiger partial charge in [-0.3, -0.25) is 0 Å². The zero-order valence-corrected chi connectivity index (χ0v) is 12.7. The minimum absolute atomic E-state index is 0.135. The molecule has 1 aliphatic heterocycles. The summed E-state index contributed by atoms with van der Waals surface area (Å²) in [4.78, 5) is 0. The molecule has 2 aromatic rings. The number of nitriles is 1. The van der Waals surface area contributed by atoms with Crippen molar-refractivity contribution in [2.75, 3.05) is 5.32 Å². The van der Waals surface area contributed by atoms with Crippen molar-refractivity contribution < 1.29 is 0 Å². The van der Waals surface area contributed by atoms with E-state index in [1.165, 1.54) is 5.56 Å². The Kier molecular flexibility index (Phi) is 3.17. The summed E-state index contributed by atoms with van der Waals surface area (Å²) in [6, 6.07) is 16.4. The largest absolute Gasteiger partial charge is 0.377 e. The molecule has 22 heavy (non-hydrogen) atoms. The Morgan fingerprint density at radius 3 is 2.73 bits per heavy atom. The van der Waals surface area contributed by atoms with Crippen LogP contribution in [0.25, 0.3) is 0 Å². The van der Waals surface area contributed by atoms with Gasteiger partial charge in [-0.05, 0) is 35.6 Å². The molecule has 3 atom stereocenters. The van der Waals surface area contributed by atoms with Crippen molar-refractivity contribution >= 4 is 17.3 Å². The average Bonchev–Trinajstić information content (AvgIpc) is 3.04. The monoisotopic (exact) mass is 306 g/mol. The fourth-order valence-corrected chi connectivity index (χ4v) is 4.00. The van der Waals surface area contributed by atoms with Crippen LogP contribution in [0.2, 0.25) is 5.02 Å². The molecule has 0 aromatic heterocycles. The molecule has 2 aromatic carbocycles. The number of hydrogen-bond acceptors (Lipinski definition) is 2. The molecule has 2 nitrogen and oxygen atoms in total. The van der Waals surface area contributed by atoms with E-state index in [4.69, 9.17) is 11.6 Å². The lowest BCUT2D eigenvalue weighted by Crippen LogP contribution is -2.29. The van der Waals surface area contributed by atoms with Gasteiger partial charge in [-0.2, -0.15) is 5.26 Å². The Balaban J connectivity index is 1.87. The van der Waals surface area contributed by atoms with E-state index in [1.807, 2.05) is 30.3 Å². The van der Waals surface area contributed by atoms with Crippen molar-refractivity contribution in [2.24, 2.45) is 5.92 Å². The number of para-hydroxylation sites is 1. The van der Waals surface area contributed by atoms with Gasteiger partial charge in [0.2, 0.25) is 0 Å². The summed E-state index contributed by atoms with van der Waals surface area (Å²) >= 11 is 6.42. The van der Waals surface area contributed by atoms with Gasteiger partial charge in [0.1, 0.15) is 6.07 Å². The first-order valence-electron chi connectivity index (χ1n) is 7.50. The highest BCUT2D eigenvalue weighted by atomic mass is 35.5. The number of allylic oxidation sites excluding steroid dienone is 2. The molecule has 0 spiro atoms. The maximum Gasteiger partial charge on any atom is 0.101 e. The van der Waals surface area contributed by atoms with E-state index < -0.39 is 0 Å². The quantitative estimate of drug-likeness (QED) is 0.749. The number of nitrogens with one attached hydrogen (secondary N) is 1. The molecule has 3 heteroatoms. The van der Waals surface area contributed by atoms with Gasteiger partial charge in [-0.15, -0.1) is 0 Å². The lowest BCUT2D eigenvalue weighted by molar-refractivity contribution is 0.425. The number of nitrogens with zero attached hydrogens (tertiary/aromatic N) is 1. The molecule has 3 unspecified atom stereocenters. The highest BCUT2D eigenvalue weighted by Gasteiger charge is 2.39. The van der Waals surface area contributed by atoms with Crippen LogP contribution in [0, 0.1) is 17.2 Å². The first kappa shape index (κ1) is 13.4. The molecule has 4 rings (SSSR count). The molecule has 108 valence electrons. The van der Waals surface area contributed by atoms with Crippen LogP contribution in [-0.2, 0) is 0 Å². The number of halogens is 1. The Labute approximate surface area is 135 Å². The molecule has 1 heterocycles. The highest BCUT2D eigenvalue weighted by molar-refractivity contribution is 6.31. The Hall–Kier alpha value is -2.24. The van der Waals surface area contributed by atoms with Crippen LogP contribution in [0.15, 0.2) is 54.6 Å². The second kappa shape index (κ2) is 5.19. The molecule has 0 saturated heterocycles. The number of anilines is 1. The molecule has 0 amide bonds. The molecule has 2 aliphatic rings. The summed E-state index contributed by atoms with van der Waals surface area (Å²) in [5, 5.41) is 13.8. The Morgan fingerprint density at radius 1 is 1.09 bits per heavy atom. The first-order valence-corrected chi connectivity index (χ1v) is 7.88. The zero-order valence-electron chi connectivity index (χ0n) is 12.0. The third-order valence-electron chi connectivity index (χ3n) is 4.76. The van der Waals surface area contributed by atoms with Gasteiger partial charge >= 0.3 is 0 Å². The van der Waals surface area contributed by atoms with Crippen LogP contribution in [0.1, 0.15) is 35.1 Å². The first-order chi connectivity index (χ1) is 10.8. The summed E-state index contributed by atoms with van der Waals surface area (Å²) in [5.74, 6) is 0.798. The smallest absolute Gasteiger partial charge is 0.101 e. The van der Waals surface area contributed by atoms with Crippen LogP contribution in [0.5, 0.6) is 0 Å². The topological polar surface area (TPSA) is 35.8 Å². The predicted molar refractivity (Wildman–Crippen MR) is 89.0 cm³/mol.